The maximum atomic E-state index is 13.4. The van der Waals surface area contributed by atoms with Crippen LogP contribution < -0.4 is 4.74 Å². The van der Waals surface area contributed by atoms with Gasteiger partial charge in [0.2, 0.25) is 0 Å². The number of nitrogens with zero attached hydrogens (tertiary/aromatic N) is 1. The van der Waals surface area contributed by atoms with Crippen LogP contribution in [0.2, 0.25) is 0 Å². The van der Waals surface area contributed by atoms with E-state index in [0.717, 1.165) is 5.56 Å². The van der Waals surface area contributed by atoms with Gasteiger partial charge in [0.15, 0.2) is 0 Å². The third-order valence-electron chi connectivity index (χ3n) is 2.58. The van der Waals surface area contributed by atoms with E-state index in [-0.39, 0.29) is 18.8 Å². The van der Waals surface area contributed by atoms with E-state index in [1.165, 1.54) is 6.07 Å². The molecule has 3 heteroatoms. The van der Waals surface area contributed by atoms with Crippen LogP contribution in [0.15, 0.2) is 48.5 Å². The van der Waals surface area contributed by atoms with Gasteiger partial charge in [0.05, 0.1) is 12.5 Å². The fraction of sp³-hybridized carbons (Fsp3) is 0.133. The molecule has 0 atom stereocenters. The standard InChI is InChI=1S/C15H12FNO/c16-14-7-3-1-6-13(14)11-18-15-8-4-2-5-12(15)9-10-17/h1-8H,9,11H2. The van der Waals surface area contributed by atoms with Crippen LogP contribution in [-0.2, 0) is 13.0 Å². The first-order valence-corrected chi connectivity index (χ1v) is 5.62. The number of halogens is 1. The molecule has 0 amide bonds. The molecule has 2 aromatic carbocycles. The lowest BCUT2D eigenvalue weighted by Gasteiger charge is -2.10. The van der Waals surface area contributed by atoms with Gasteiger partial charge in [-0.3, -0.25) is 0 Å². The van der Waals surface area contributed by atoms with E-state index in [0.29, 0.717) is 11.3 Å². The molecule has 0 radical (unpaired) electrons. The van der Waals surface area contributed by atoms with Crippen LogP contribution in [-0.4, -0.2) is 0 Å². The number of benzene rings is 2. The Labute approximate surface area is 105 Å². The SMILES string of the molecule is N#CCc1ccccc1OCc1ccccc1F. The van der Waals surface area contributed by atoms with Crippen molar-refractivity contribution in [1.82, 2.24) is 0 Å². The Kier molecular flexibility index (Phi) is 3.93. The Morgan fingerprint density at radius 3 is 2.39 bits per heavy atom. The highest BCUT2D eigenvalue weighted by Gasteiger charge is 2.05. The molecule has 2 nitrogen and oxygen atoms in total. The third-order valence-corrected chi connectivity index (χ3v) is 2.58. The molecule has 0 heterocycles. The first-order chi connectivity index (χ1) is 8.81. The molecular formula is C15H12FNO. The van der Waals surface area contributed by atoms with Crippen LogP contribution in [0.1, 0.15) is 11.1 Å². The van der Waals surface area contributed by atoms with Crippen molar-refractivity contribution < 1.29 is 9.13 Å². The first kappa shape index (κ1) is 12.1. The Morgan fingerprint density at radius 2 is 1.67 bits per heavy atom. The lowest BCUT2D eigenvalue weighted by molar-refractivity contribution is 0.297. The molecule has 0 unspecified atom stereocenters. The van der Waals surface area contributed by atoms with E-state index < -0.39 is 0 Å². The van der Waals surface area contributed by atoms with Gasteiger partial charge in [-0.15, -0.1) is 0 Å². The highest BCUT2D eigenvalue weighted by atomic mass is 19.1. The first-order valence-electron chi connectivity index (χ1n) is 5.62. The quantitative estimate of drug-likeness (QED) is 0.821. The maximum absolute atomic E-state index is 13.4. The average Bonchev–Trinajstić information content (AvgIpc) is 2.40. The summed E-state index contributed by atoms with van der Waals surface area (Å²) in [5.41, 5.74) is 1.32. The predicted octanol–water partition coefficient (Wildman–Crippen LogP) is 3.47. The molecule has 0 aliphatic carbocycles. The molecule has 0 fully saturated rings. The van der Waals surface area contributed by atoms with Gasteiger partial charge in [0, 0.05) is 11.1 Å². The molecule has 0 aliphatic rings. The Balaban J connectivity index is 2.11. The fourth-order valence-corrected chi connectivity index (χ4v) is 1.65. The molecule has 90 valence electrons. The summed E-state index contributed by atoms with van der Waals surface area (Å²) < 4.78 is 19.0. The summed E-state index contributed by atoms with van der Waals surface area (Å²) in [5.74, 6) is 0.345. The van der Waals surface area contributed by atoms with Gasteiger partial charge < -0.3 is 4.74 Å². The average molecular weight is 241 g/mol. The van der Waals surface area contributed by atoms with Crippen molar-refractivity contribution in [3.05, 3.63) is 65.5 Å². The van der Waals surface area contributed by atoms with E-state index >= 15 is 0 Å². The van der Waals surface area contributed by atoms with E-state index in [1.54, 1.807) is 24.3 Å². The topological polar surface area (TPSA) is 33.0 Å². The van der Waals surface area contributed by atoms with Gasteiger partial charge in [-0.2, -0.15) is 5.26 Å². The summed E-state index contributed by atoms with van der Waals surface area (Å²) in [4.78, 5) is 0. The minimum Gasteiger partial charge on any atom is -0.488 e. The van der Waals surface area contributed by atoms with Crippen LogP contribution in [0.5, 0.6) is 5.75 Å². The minimum atomic E-state index is -0.282. The summed E-state index contributed by atoms with van der Waals surface area (Å²) in [7, 11) is 0. The Morgan fingerprint density at radius 1 is 1.00 bits per heavy atom. The van der Waals surface area contributed by atoms with Crippen molar-refractivity contribution in [2.24, 2.45) is 0 Å². The second-order valence-electron chi connectivity index (χ2n) is 3.82. The number of hydrogen-bond acceptors (Lipinski definition) is 2. The summed E-state index contributed by atoms with van der Waals surface area (Å²) in [6.07, 6.45) is 0.285. The zero-order valence-electron chi connectivity index (χ0n) is 9.77. The van der Waals surface area contributed by atoms with Gasteiger partial charge in [0.1, 0.15) is 18.2 Å². The molecule has 18 heavy (non-hydrogen) atoms. The molecular weight excluding hydrogens is 229 g/mol. The van der Waals surface area contributed by atoms with Gasteiger partial charge in [0.25, 0.3) is 0 Å². The Bertz CT molecular complexity index is 575. The molecule has 0 bridgehead atoms. The van der Waals surface area contributed by atoms with Gasteiger partial charge in [-0.1, -0.05) is 36.4 Å². The highest BCUT2D eigenvalue weighted by molar-refractivity contribution is 5.35. The van der Waals surface area contributed by atoms with Crippen molar-refractivity contribution in [3.8, 4) is 11.8 Å². The van der Waals surface area contributed by atoms with Crippen molar-refractivity contribution in [1.29, 1.82) is 5.26 Å². The van der Waals surface area contributed by atoms with E-state index in [4.69, 9.17) is 10.00 Å². The molecule has 0 aromatic heterocycles. The second-order valence-corrected chi connectivity index (χ2v) is 3.82. The summed E-state index contributed by atoms with van der Waals surface area (Å²) in [6.45, 7) is 0.162. The largest absolute Gasteiger partial charge is 0.488 e. The number of ether oxygens (including phenoxy) is 1. The van der Waals surface area contributed by atoms with Crippen LogP contribution in [0, 0.1) is 17.1 Å². The number of hydrogen-bond donors (Lipinski definition) is 0. The van der Waals surface area contributed by atoms with Gasteiger partial charge >= 0.3 is 0 Å². The summed E-state index contributed by atoms with van der Waals surface area (Å²) >= 11 is 0. The van der Waals surface area contributed by atoms with Crippen LogP contribution in [0.3, 0.4) is 0 Å². The number of para-hydroxylation sites is 1. The van der Waals surface area contributed by atoms with Crippen molar-refractivity contribution in [3.63, 3.8) is 0 Å². The smallest absolute Gasteiger partial charge is 0.129 e. The van der Waals surface area contributed by atoms with Crippen LogP contribution in [0.25, 0.3) is 0 Å². The lowest BCUT2D eigenvalue weighted by atomic mass is 10.1. The van der Waals surface area contributed by atoms with Crippen molar-refractivity contribution >= 4 is 0 Å². The summed E-state index contributed by atoms with van der Waals surface area (Å²) in [6, 6.07) is 15.9. The van der Waals surface area contributed by atoms with Gasteiger partial charge in [-0.05, 0) is 12.1 Å². The molecule has 0 saturated heterocycles. The zero-order valence-corrected chi connectivity index (χ0v) is 9.77. The fourth-order valence-electron chi connectivity index (χ4n) is 1.65. The van der Waals surface area contributed by atoms with Crippen LogP contribution in [0.4, 0.5) is 4.39 Å². The maximum Gasteiger partial charge on any atom is 0.129 e. The third kappa shape index (κ3) is 2.86. The van der Waals surface area contributed by atoms with Gasteiger partial charge in [-0.25, -0.2) is 4.39 Å². The highest BCUT2D eigenvalue weighted by Crippen LogP contribution is 2.20. The second kappa shape index (κ2) is 5.83. The lowest BCUT2D eigenvalue weighted by Crippen LogP contribution is -2.00. The normalized spacial score (nSPS) is 9.78. The molecule has 2 rings (SSSR count). The number of nitriles is 1. The molecule has 0 spiro atoms. The molecule has 0 N–H and O–H groups in total. The molecule has 0 aliphatic heterocycles. The molecule has 2 aromatic rings. The molecule has 0 saturated carbocycles. The number of rotatable bonds is 4. The summed E-state index contributed by atoms with van der Waals surface area (Å²) in [5, 5.41) is 8.71. The van der Waals surface area contributed by atoms with E-state index in [1.807, 2.05) is 18.2 Å². The zero-order chi connectivity index (χ0) is 12.8. The predicted molar refractivity (Wildman–Crippen MR) is 66.5 cm³/mol. The van der Waals surface area contributed by atoms with E-state index in [2.05, 4.69) is 6.07 Å². The monoisotopic (exact) mass is 241 g/mol. The van der Waals surface area contributed by atoms with E-state index in [9.17, 15) is 4.39 Å². The van der Waals surface area contributed by atoms with Crippen molar-refractivity contribution in [2.45, 2.75) is 13.0 Å². The van der Waals surface area contributed by atoms with Crippen LogP contribution >= 0.6 is 0 Å². The Hall–Kier alpha value is -2.34. The van der Waals surface area contributed by atoms with Crippen molar-refractivity contribution in [2.75, 3.05) is 0 Å². The minimum absolute atomic E-state index is 0.162.